The Morgan fingerprint density at radius 2 is 2.16 bits per heavy atom. The molecule has 110 valence electrons. The van der Waals surface area contributed by atoms with E-state index < -0.39 is 0 Å². The van der Waals surface area contributed by atoms with Gasteiger partial charge in [0.1, 0.15) is 0 Å². The van der Waals surface area contributed by atoms with Gasteiger partial charge in [0.25, 0.3) is 0 Å². The van der Waals surface area contributed by atoms with Crippen molar-refractivity contribution in [2.75, 3.05) is 33.4 Å². The summed E-state index contributed by atoms with van der Waals surface area (Å²) in [6, 6.07) is 0.320. The van der Waals surface area contributed by atoms with E-state index in [1.54, 1.807) is 7.11 Å². The van der Waals surface area contributed by atoms with Crippen LogP contribution in [-0.4, -0.2) is 56.1 Å². The van der Waals surface area contributed by atoms with Gasteiger partial charge >= 0.3 is 0 Å². The fourth-order valence-electron chi connectivity index (χ4n) is 2.32. The Balaban J connectivity index is 2.32. The smallest absolute Gasteiger partial charge is 0.234 e. The van der Waals surface area contributed by atoms with Crippen molar-refractivity contribution in [1.29, 1.82) is 0 Å². The standard InChI is InChI=1S/C13H25N3O3/c1-10-4-5-11(13(14)18)8-16(10)9-12(17)15-6-3-7-19-2/h10-11H,3-9H2,1-2H3,(H2,14,18)(H,15,17). The maximum Gasteiger partial charge on any atom is 0.234 e. The van der Waals surface area contributed by atoms with Crippen molar-refractivity contribution in [1.82, 2.24) is 10.2 Å². The number of likely N-dealkylation sites (tertiary alicyclic amines) is 1. The highest BCUT2D eigenvalue weighted by Gasteiger charge is 2.29. The average Bonchev–Trinajstić information content (AvgIpc) is 2.37. The summed E-state index contributed by atoms with van der Waals surface area (Å²) >= 11 is 0. The van der Waals surface area contributed by atoms with Crippen LogP contribution >= 0.6 is 0 Å². The molecule has 0 aromatic heterocycles. The largest absolute Gasteiger partial charge is 0.385 e. The van der Waals surface area contributed by atoms with E-state index in [4.69, 9.17) is 10.5 Å². The van der Waals surface area contributed by atoms with Gasteiger partial charge in [-0.25, -0.2) is 0 Å². The molecule has 0 aromatic carbocycles. The third kappa shape index (κ3) is 5.57. The summed E-state index contributed by atoms with van der Waals surface area (Å²) in [6.07, 6.45) is 2.54. The Kier molecular flexibility index (Phi) is 6.80. The third-order valence-corrected chi connectivity index (χ3v) is 3.61. The number of piperidine rings is 1. The molecule has 6 heteroatoms. The maximum atomic E-state index is 11.8. The lowest BCUT2D eigenvalue weighted by Gasteiger charge is -2.36. The molecule has 1 heterocycles. The van der Waals surface area contributed by atoms with Gasteiger partial charge in [0.05, 0.1) is 12.5 Å². The third-order valence-electron chi connectivity index (χ3n) is 3.61. The maximum absolute atomic E-state index is 11.8. The van der Waals surface area contributed by atoms with Crippen molar-refractivity contribution in [3.05, 3.63) is 0 Å². The number of nitrogens with one attached hydrogen (secondary N) is 1. The second-order valence-corrected chi connectivity index (χ2v) is 5.15. The summed E-state index contributed by atoms with van der Waals surface area (Å²) < 4.78 is 4.92. The zero-order valence-corrected chi connectivity index (χ0v) is 11.9. The molecule has 0 bridgehead atoms. The normalized spacial score (nSPS) is 24.1. The van der Waals surface area contributed by atoms with E-state index in [-0.39, 0.29) is 17.7 Å². The van der Waals surface area contributed by atoms with Crippen LogP contribution in [0.2, 0.25) is 0 Å². The predicted octanol–water partition coefficient (Wildman–Crippen LogP) is -0.275. The first kappa shape index (κ1) is 15.9. The summed E-state index contributed by atoms with van der Waals surface area (Å²) in [5, 5.41) is 2.85. The lowest BCUT2D eigenvalue weighted by molar-refractivity contribution is -0.127. The summed E-state index contributed by atoms with van der Waals surface area (Å²) in [7, 11) is 1.64. The molecule has 2 atom stereocenters. The molecule has 19 heavy (non-hydrogen) atoms. The van der Waals surface area contributed by atoms with Crippen LogP contribution in [-0.2, 0) is 14.3 Å². The van der Waals surface area contributed by atoms with Crippen LogP contribution in [0.25, 0.3) is 0 Å². The number of ether oxygens (including phenoxy) is 1. The molecule has 0 aliphatic carbocycles. The van der Waals surface area contributed by atoms with E-state index in [1.807, 2.05) is 4.90 Å². The quantitative estimate of drug-likeness (QED) is 0.624. The van der Waals surface area contributed by atoms with E-state index in [1.165, 1.54) is 0 Å². The number of hydrogen-bond donors (Lipinski definition) is 2. The van der Waals surface area contributed by atoms with Gasteiger partial charge in [-0.05, 0) is 26.2 Å². The van der Waals surface area contributed by atoms with Crippen LogP contribution in [0.4, 0.5) is 0 Å². The first-order valence-corrected chi connectivity index (χ1v) is 6.83. The summed E-state index contributed by atoms with van der Waals surface area (Å²) in [5.74, 6) is -0.400. The first-order chi connectivity index (χ1) is 9.04. The predicted molar refractivity (Wildman–Crippen MR) is 72.5 cm³/mol. The van der Waals surface area contributed by atoms with Crippen LogP contribution in [0.3, 0.4) is 0 Å². The second kappa shape index (κ2) is 8.12. The number of hydrogen-bond acceptors (Lipinski definition) is 4. The summed E-state index contributed by atoms with van der Waals surface area (Å²) in [5.41, 5.74) is 5.34. The van der Waals surface area contributed by atoms with Crippen LogP contribution in [0.1, 0.15) is 26.2 Å². The summed E-state index contributed by atoms with van der Waals surface area (Å²) in [6.45, 7) is 4.26. The van der Waals surface area contributed by atoms with Gasteiger partial charge in [0.15, 0.2) is 0 Å². The number of primary amides is 1. The lowest BCUT2D eigenvalue weighted by atomic mass is 9.93. The summed E-state index contributed by atoms with van der Waals surface area (Å²) in [4.78, 5) is 25.0. The number of carbonyl (C=O) groups is 2. The molecule has 2 unspecified atom stereocenters. The van der Waals surface area contributed by atoms with Crippen LogP contribution in [0, 0.1) is 5.92 Å². The Labute approximate surface area is 114 Å². The molecule has 0 spiro atoms. The molecule has 1 aliphatic rings. The highest BCUT2D eigenvalue weighted by atomic mass is 16.5. The minimum absolute atomic E-state index is 0.00641. The molecule has 6 nitrogen and oxygen atoms in total. The fourth-order valence-corrected chi connectivity index (χ4v) is 2.32. The van der Waals surface area contributed by atoms with Crippen molar-refractivity contribution in [2.45, 2.75) is 32.2 Å². The van der Waals surface area contributed by atoms with E-state index in [9.17, 15) is 9.59 Å². The molecule has 1 rings (SSSR count). The molecule has 3 N–H and O–H groups in total. The molecule has 1 fully saturated rings. The van der Waals surface area contributed by atoms with Crippen LogP contribution in [0.15, 0.2) is 0 Å². The highest BCUT2D eigenvalue weighted by molar-refractivity contribution is 5.79. The van der Waals surface area contributed by atoms with E-state index in [0.717, 1.165) is 19.3 Å². The molecule has 1 saturated heterocycles. The minimum Gasteiger partial charge on any atom is -0.385 e. The van der Waals surface area contributed by atoms with Crippen LogP contribution < -0.4 is 11.1 Å². The highest BCUT2D eigenvalue weighted by Crippen LogP contribution is 2.21. The number of methoxy groups -OCH3 is 1. The van der Waals surface area contributed by atoms with E-state index in [0.29, 0.717) is 32.3 Å². The second-order valence-electron chi connectivity index (χ2n) is 5.15. The zero-order valence-electron chi connectivity index (χ0n) is 11.9. The molecule has 2 amide bonds. The Morgan fingerprint density at radius 1 is 1.42 bits per heavy atom. The van der Waals surface area contributed by atoms with Gasteiger partial charge in [-0.1, -0.05) is 0 Å². The topological polar surface area (TPSA) is 84.7 Å². The number of carbonyl (C=O) groups excluding carboxylic acids is 2. The van der Waals surface area contributed by atoms with Gasteiger partial charge in [-0.15, -0.1) is 0 Å². The van der Waals surface area contributed by atoms with Crippen molar-refractivity contribution in [3.8, 4) is 0 Å². The number of rotatable bonds is 7. The van der Waals surface area contributed by atoms with Gasteiger partial charge in [-0.2, -0.15) is 0 Å². The SMILES string of the molecule is COCCCNC(=O)CN1CC(C(N)=O)CCC1C. The average molecular weight is 271 g/mol. The van der Waals surface area contributed by atoms with Crippen molar-refractivity contribution in [2.24, 2.45) is 11.7 Å². The fraction of sp³-hybridized carbons (Fsp3) is 0.846. The number of nitrogens with two attached hydrogens (primary N) is 1. The van der Waals surface area contributed by atoms with Gasteiger partial charge in [-0.3, -0.25) is 14.5 Å². The Bertz CT molecular complexity index is 310. The van der Waals surface area contributed by atoms with Crippen molar-refractivity contribution in [3.63, 3.8) is 0 Å². The number of amides is 2. The lowest BCUT2D eigenvalue weighted by Crippen LogP contribution is -2.49. The van der Waals surface area contributed by atoms with E-state index >= 15 is 0 Å². The van der Waals surface area contributed by atoms with Crippen molar-refractivity contribution >= 4 is 11.8 Å². The monoisotopic (exact) mass is 271 g/mol. The van der Waals surface area contributed by atoms with Gasteiger partial charge in [0, 0.05) is 32.8 Å². The van der Waals surface area contributed by atoms with Gasteiger partial charge in [0.2, 0.25) is 11.8 Å². The molecular weight excluding hydrogens is 246 g/mol. The molecule has 1 aliphatic heterocycles. The Hall–Kier alpha value is -1.14. The van der Waals surface area contributed by atoms with Crippen LogP contribution in [0.5, 0.6) is 0 Å². The van der Waals surface area contributed by atoms with Gasteiger partial charge < -0.3 is 15.8 Å². The number of nitrogens with zero attached hydrogens (tertiary/aromatic N) is 1. The minimum atomic E-state index is -0.266. The zero-order chi connectivity index (χ0) is 14.3. The Morgan fingerprint density at radius 3 is 2.79 bits per heavy atom. The van der Waals surface area contributed by atoms with Crippen molar-refractivity contribution < 1.29 is 14.3 Å². The molecule has 0 radical (unpaired) electrons. The molecular formula is C13H25N3O3. The first-order valence-electron chi connectivity index (χ1n) is 6.83. The van der Waals surface area contributed by atoms with E-state index in [2.05, 4.69) is 12.2 Å². The molecule has 0 saturated carbocycles. The molecule has 0 aromatic rings.